The minimum atomic E-state index is -1.46. The summed E-state index contributed by atoms with van der Waals surface area (Å²) in [6.07, 6.45) is -5.21. The summed E-state index contributed by atoms with van der Waals surface area (Å²) in [5, 5.41) is 3.50. The number of carbonyl (C=O) groups excluding carboxylic acids is 4. The van der Waals surface area contributed by atoms with E-state index in [2.05, 4.69) is 10.0 Å². The first-order chi connectivity index (χ1) is 12.1. The Morgan fingerprint density at radius 1 is 0.923 bits per heavy atom. The van der Waals surface area contributed by atoms with Crippen molar-refractivity contribution in [1.29, 1.82) is 0 Å². The van der Waals surface area contributed by atoms with E-state index in [4.69, 9.17) is 29.2 Å². The fourth-order valence-electron chi connectivity index (χ4n) is 2.33. The van der Waals surface area contributed by atoms with Crippen molar-refractivity contribution in [3.63, 3.8) is 0 Å². The van der Waals surface area contributed by atoms with E-state index in [0.29, 0.717) is 0 Å². The lowest BCUT2D eigenvalue weighted by molar-refractivity contribution is -0.275. The highest BCUT2D eigenvalue weighted by Gasteiger charge is 2.51. The quantitative estimate of drug-likeness (QED) is 0.210. The van der Waals surface area contributed by atoms with Gasteiger partial charge in [0.05, 0.1) is 0 Å². The zero-order chi connectivity index (χ0) is 19.9. The molecule has 12 nitrogen and oxygen atoms in total. The summed E-state index contributed by atoms with van der Waals surface area (Å²) < 4.78 is 25.5. The maximum Gasteiger partial charge on any atom is 0.305 e. The number of esters is 4. The molecule has 1 saturated heterocycles. The Bertz CT molecular complexity index is 617. The van der Waals surface area contributed by atoms with Gasteiger partial charge in [-0.05, 0) is 5.53 Å². The molecule has 12 heteroatoms. The first-order valence-electron chi connectivity index (χ1n) is 7.50. The van der Waals surface area contributed by atoms with Gasteiger partial charge in [-0.15, -0.1) is 0 Å². The first kappa shape index (κ1) is 21.2. The summed E-state index contributed by atoms with van der Waals surface area (Å²) in [7, 11) is 0. The topological polar surface area (TPSA) is 163 Å². The Kier molecular flexibility index (Phi) is 7.81. The van der Waals surface area contributed by atoms with Gasteiger partial charge < -0.3 is 23.7 Å². The molecule has 1 aliphatic heterocycles. The lowest BCUT2D eigenvalue weighted by atomic mass is 9.96. The van der Waals surface area contributed by atoms with Crippen LogP contribution < -0.4 is 0 Å². The van der Waals surface area contributed by atoms with Crippen LogP contribution in [0.1, 0.15) is 27.7 Å². The Morgan fingerprint density at radius 2 is 1.46 bits per heavy atom. The predicted octanol–water partition coefficient (Wildman–Crippen LogP) is 0.380. The standard InChI is InChI=1S/C14H19N3O9/c1-6(18)22-5-10-12(23-7(2)19)11(16-17-15)13(24-8(3)20)14(26-10)25-9(4)21/h10-14H,5H2,1-4H3/t10-,11+,12+,13-,14-/m1/s1. The predicted molar refractivity (Wildman–Crippen MR) is 81.1 cm³/mol. The van der Waals surface area contributed by atoms with Gasteiger partial charge in [0.25, 0.3) is 0 Å². The molecule has 0 aromatic heterocycles. The van der Waals surface area contributed by atoms with Crippen LogP contribution in [-0.4, -0.2) is 61.1 Å². The molecule has 0 bridgehead atoms. The molecule has 0 aliphatic carbocycles. The largest absolute Gasteiger partial charge is 0.463 e. The van der Waals surface area contributed by atoms with E-state index in [-0.39, 0.29) is 6.61 Å². The van der Waals surface area contributed by atoms with Crippen molar-refractivity contribution in [2.24, 2.45) is 5.11 Å². The molecule has 0 saturated carbocycles. The molecular weight excluding hydrogens is 354 g/mol. The Morgan fingerprint density at radius 3 is 1.92 bits per heavy atom. The van der Waals surface area contributed by atoms with Gasteiger partial charge in [-0.1, -0.05) is 5.11 Å². The summed E-state index contributed by atoms with van der Waals surface area (Å²) in [4.78, 5) is 47.9. The van der Waals surface area contributed by atoms with E-state index in [1.807, 2.05) is 0 Å². The number of azide groups is 1. The molecule has 26 heavy (non-hydrogen) atoms. The molecule has 0 N–H and O–H groups in total. The van der Waals surface area contributed by atoms with Crippen LogP contribution in [0.15, 0.2) is 5.11 Å². The minimum absolute atomic E-state index is 0.380. The van der Waals surface area contributed by atoms with Crippen molar-refractivity contribution in [2.45, 2.75) is 58.3 Å². The molecule has 1 rings (SSSR count). The maximum atomic E-state index is 11.4. The fourth-order valence-corrected chi connectivity index (χ4v) is 2.33. The molecule has 144 valence electrons. The molecule has 0 aromatic rings. The number of carbonyl (C=O) groups is 4. The van der Waals surface area contributed by atoms with Crippen LogP contribution in [0.5, 0.6) is 0 Å². The molecular formula is C14H19N3O9. The lowest BCUT2D eigenvalue weighted by Crippen LogP contribution is -2.61. The summed E-state index contributed by atoms with van der Waals surface area (Å²) >= 11 is 0. The molecule has 1 fully saturated rings. The second-order valence-electron chi connectivity index (χ2n) is 5.30. The van der Waals surface area contributed by atoms with Crippen LogP contribution in [0.4, 0.5) is 0 Å². The molecule has 0 radical (unpaired) electrons. The SMILES string of the molecule is CC(=O)OC[C@H]1O[C@@H](OC(C)=O)[C@H](OC(C)=O)[C@@H](N=[N+]=[N-])[C@H]1OC(C)=O. The summed E-state index contributed by atoms with van der Waals surface area (Å²) in [5.41, 5.74) is 8.84. The van der Waals surface area contributed by atoms with E-state index in [1.165, 1.54) is 0 Å². The number of ether oxygens (including phenoxy) is 5. The van der Waals surface area contributed by atoms with Crippen molar-refractivity contribution >= 4 is 23.9 Å². The smallest absolute Gasteiger partial charge is 0.305 e. The summed E-state index contributed by atoms with van der Waals surface area (Å²) in [5.74, 6) is -2.91. The molecule has 0 spiro atoms. The molecule has 1 aliphatic rings. The second kappa shape index (κ2) is 9.59. The van der Waals surface area contributed by atoms with Crippen molar-refractivity contribution in [3.8, 4) is 0 Å². The van der Waals surface area contributed by atoms with E-state index in [0.717, 1.165) is 27.7 Å². The van der Waals surface area contributed by atoms with Gasteiger partial charge in [-0.25, -0.2) is 0 Å². The highest BCUT2D eigenvalue weighted by atomic mass is 16.7. The van der Waals surface area contributed by atoms with Gasteiger partial charge in [0.1, 0.15) is 24.9 Å². The van der Waals surface area contributed by atoms with Crippen molar-refractivity contribution < 1.29 is 42.9 Å². The van der Waals surface area contributed by atoms with Gasteiger partial charge in [0.15, 0.2) is 6.10 Å². The molecule has 1 heterocycles. The lowest BCUT2D eigenvalue weighted by Gasteiger charge is -2.42. The number of nitrogens with zero attached hydrogens (tertiary/aromatic N) is 3. The number of hydrogen-bond donors (Lipinski definition) is 0. The van der Waals surface area contributed by atoms with E-state index in [1.54, 1.807) is 0 Å². The van der Waals surface area contributed by atoms with Crippen LogP contribution in [0.25, 0.3) is 10.4 Å². The minimum Gasteiger partial charge on any atom is -0.463 e. The molecule has 0 unspecified atom stereocenters. The molecule has 0 aromatic carbocycles. The van der Waals surface area contributed by atoms with Crippen LogP contribution in [-0.2, 0) is 42.9 Å². The third kappa shape index (κ3) is 6.22. The van der Waals surface area contributed by atoms with Gasteiger partial charge in [0.2, 0.25) is 6.29 Å². The van der Waals surface area contributed by atoms with Crippen LogP contribution in [0.3, 0.4) is 0 Å². The first-order valence-corrected chi connectivity index (χ1v) is 7.50. The Hall–Kier alpha value is -2.85. The fraction of sp³-hybridized carbons (Fsp3) is 0.714. The maximum absolute atomic E-state index is 11.4. The summed E-state index contributed by atoms with van der Waals surface area (Å²) in [6, 6.07) is -1.29. The zero-order valence-electron chi connectivity index (χ0n) is 14.6. The average Bonchev–Trinajstić information content (AvgIpc) is 2.50. The Balaban J connectivity index is 3.27. The number of hydrogen-bond acceptors (Lipinski definition) is 10. The Labute approximate surface area is 148 Å². The normalized spacial score (nSPS) is 27.5. The van der Waals surface area contributed by atoms with Crippen LogP contribution >= 0.6 is 0 Å². The van der Waals surface area contributed by atoms with Crippen LogP contribution in [0.2, 0.25) is 0 Å². The highest BCUT2D eigenvalue weighted by molar-refractivity contribution is 5.68. The number of rotatable bonds is 6. The molecule has 5 atom stereocenters. The van der Waals surface area contributed by atoms with E-state index >= 15 is 0 Å². The third-order valence-electron chi connectivity index (χ3n) is 3.14. The van der Waals surface area contributed by atoms with Gasteiger partial charge >= 0.3 is 23.9 Å². The third-order valence-corrected chi connectivity index (χ3v) is 3.14. The van der Waals surface area contributed by atoms with E-state index < -0.39 is 54.5 Å². The van der Waals surface area contributed by atoms with Gasteiger partial charge in [-0.2, -0.15) is 0 Å². The van der Waals surface area contributed by atoms with E-state index in [9.17, 15) is 19.2 Å². The van der Waals surface area contributed by atoms with Gasteiger partial charge in [0, 0.05) is 32.6 Å². The monoisotopic (exact) mass is 373 g/mol. The molecule has 0 amide bonds. The zero-order valence-corrected chi connectivity index (χ0v) is 14.6. The average molecular weight is 373 g/mol. The highest BCUT2D eigenvalue weighted by Crippen LogP contribution is 2.29. The van der Waals surface area contributed by atoms with Crippen molar-refractivity contribution in [3.05, 3.63) is 10.4 Å². The van der Waals surface area contributed by atoms with Crippen LogP contribution in [0, 0.1) is 0 Å². The summed E-state index contributed by atoms with van der Waals surface area (Å²) in [6.45, 7) is 4.06. The van der Waals surface area contributed by atoms with Gasteiger partial charge in [-0.3, -0.25) is 19.2 Å². The van der Waals surface area contributed by atoms with Crippen molar-refractivity contribution in [2.75, 3.05) is 6.61 Å². The van der Waals surface area contributed by atoms with Crippen molar-refractivity contribution in [1.82, 2.24) is 0 Å². The second-order valence-corrected chi connectivity index (χ2v) is 5.30.